The first kappa shape index (κ1) is 24.9. The van der Waals surface area contributed by atoms with Crippen molar-refractivity contribution in [3.63, 3.8) is 0 Å². The number of carbonyl (C=O) groups excluding carboxylic acids is 1. The zero-order chi connectivity index (χ0) is 25.8. The average Bonchev–Trinajstić information content (AvgIpc) is 3.17. The number of anilines is 1. The number of nitrogens with one attached hydrogen (secondary N) is 2. The Labute approximate surface area is 216 Å². The molecule has 4 N–H and O–H groups in total. The number of fused-ring (bicyclic) bond motifs is 1. The highest BCUT2D eigenvalue weighted by Gasteiger charge is 2.52. The van der Waals surface area contributed by atoms with Crippen molar-refractivity contribution in [1.29, 1.82) is 5.41 Å². The van der Waals surface area contributed by atoms with Crippen LogP contribution in [0.15, 0.2) is 36.4 Å². The molecule has 5 rings (SSSR count). The predicted octanol–water partition coefficient (Wildman–Crippen LogP) is 5.07. The lowest BCUT2D eigenvalue weighted by molar-refractivity contribution is -0.368. The van der Waals surface area contributed by atoms with Crippen LogP contribution in [-0.2, 0) is 12.0 Å². The number of nitrogens with two attached hydrogens (primary N) is 1. The van der Waals surface area contributed by atoms with E-state index in [0.29, 0.717) is 23.0 Å². The molecule has 2 saturated carbocycles. The highest BCUT2D eigenvalue weighted by molar-refractivity contribution is 6.32. The van der Waals surface area contributed by atoms with E-state index in [-0.39, 0.29) is 30.3 Å². The van der Waals surface area contributed by atoms with Crippen LogP contribution in [-0.4, -0.2) is 41.4 Å². The van der Waals surface area contributed by atoms with E-state index in [0.717, 1.165) is 41.6 Å². The summed E-state index contributed by atoms with van der Waals surface area (Å²) in [6.07, 6.45) is 4.25. The minimum Gasteiger partial charge on any atom is -0.321 e. The molecule has 0 radical (unpaired) electrons. The first-order valence-corrected chi connectivity index (χ1v) is 13.0. The van der Waals surface area contributed by atoms with Crippen molar-refractivity contribution in [2.45, 2.75) is 75.7 Å². The van der Waals surface area contributed by atoms with Crippen molar-refractivity contribution in [2.75, 3.05) is 11.9 Å². The van der Waals surface area contributed by atoms with Gasteiger partial charge < -0.3 is 16.0 Å². The molecule has 2 aromatic rings. The van der Waals surface area contributed by atoms with Crippen molar-refractivity contribution < 1.29 is 13.8 Å². The number of benzene rings is 2. The number of carbonyl (C=O) groups is 1. The van der Waals surface area contributed by atoms with Crippen molar-refractivity contribution >= 4 is 35.4 Å². The SMILES string of the molecule is C[C@H](NC1(C)CCC1)c1cc(Cl)c2c(c1)C(=O)N(c1cccc(C3(C(N)=[N+](C)C=N)CC(F)C3)c1)C2. The Balaban J connectivity index is 1.45. The molecule has 2 aliphatic carbocycles. The second-order valence-corrected chi connectivity index (χ2v) is 11.4. The number of hydrogen-bond donors (Lipinski definition) is 3. The molecule has 190 valence electrons. The number of amidine groups is 1. The molecule has 2 aromatic carbocycles. The fraction of sp³-hybridized carbons (Fsp3) is 0.464. The molecular weight excluding hydrogens is 477 g/mol. The van der Waals surface area contributed by atoms with Gasteiger partial charge in [0.05, 0.1) is 19.0 Å². The Morgan fingerprint density at radius 1 is 1.33 bits per heavy atom. The molecule has 0 aromatic heterocycles. The van der Waals surface area contributed by atoms with E-state index in [4.69, 9.17) is 22.7 Å². The quantitative estimate of drug-likeness (QED) is 0.276. The standard InChI is InChI=1S/C28H33ClFN5O/c1-17(33-27(2)8-5-9-27)18-10-22-23(24(29)11-18)15-35(25(22)36)21-7-4-6-19(12-21)28(13-20(30)14-28)26(32)34(3)16-31/h4,6-7,10-12,16-17,20,31-33H,5,8-9,13-15H2,1-3H3/p+1/t17-,20?,28?/m0/s1. The van der Waals surface area contributed by atoms with Gasteiger partial charge in [0, 0.05) is 33.4 Å². The van der Waals surface area contributed by atoms with Gasteiger partial charge >= 0.3 is 0 Å². The number of alkyl halides is 1. The van der Waals surface area contributed by atoms with Gasteiger partial charge in [0.2, 0.25) is 12.2 Å². The van der Waals surface area contributed by atoms with E-state index < -0.39 is 11.6 Å². The summed E-state index contributed by atoms with van der Waals surface area (Å²) in [6.45, 7) is 4.74. The average molecular weight is 511 g/mol. The maximum absolute atomic E-state index is 14.1. The molecule has 8 heteroatoms. The Bertz CT molecular complexity index is 1260. The number of rotatable bonds is 7. The molecular formula is C28H34ClFN5O+. The lowest BCUT2D eigenvalue weighted by atomic mass is 9.62. The van der Waals surface area contributed by atoms with Crippen LogP contribution in [0.5, 0.6) is 0 Å². The Morgan fingerprint density at radius 3 is 2.67 bits per heavy atom. The van der Waals surface area contributed by atoms with E-state index in [1.807, 2.05) is 36.4 Å². The van der Waals surface area contributed by atoms with Gasteiger partial charge in [-0.05, 0) is 81.3 Å². The van der Waals surface area contributed by atoms with Gasteiger partial charge in [-0.3, -0.25) is 4.79 Å². The second-order valence-electron chi connectivity index (χ2n) is 11.0. The second kappa shape index (κ2) is 8.96. The van der Waals surface area contributed by atoms with Crippen molar-refractivity contribution in [3.8, 4) is 0 Å². The number of amides is 1. The normalized spacial score (nSPS) is 26.0. The molecule has 0 spiro atoms. The summed E-state index contributed by atoms with van der Waals surface area (Å²) in [5, 5.41) is 11.9. The van der Waals surface area contributed by atoms with Gasteiger partial charge in [0.1, 0.15) is 6.17 Å². The van der Waals surface area contributed by atoms with Crippen molar-refractivity contribution in [1.82, 2.24) is 5.32 Å². The van der Waals surface area contributed by atoms with E-state index >= 15 is 0 Å². The largest absolute Gasteiger partial charge is 0.321 e. The summed E-state index contributed by atoms with van der Waals surface area (Å²) in [4.78, 5) is 15.3. The summed E-state index contributed by atoms with van der Waals surface area (Å²) in [7, 11) is 1.70. The topological polar surface area (TPSA) is 85.2 Å². The first-order chi connectivity index (χ1) is 17.1. The van der Waals surface area contributed by atoms with Gasteiger partial charge in [0.25, 0.3) is 5.91 Å². The lowest BCUT2D eigenvalue weighted by Crippen LogP contribution is -2.55. The van der Waals surface area contributed by atoms with E-state index in [9.17, 15) is 9.18 Å². The molecule has 0 saturated heterocycles. The maximum atomic E-state index is 14.1. The van der Waals surface area contributed by atoms with Gasteiger partial charge in [-0.2, -0.15) is 5.41 Å². The smallest absolute Gasteiger partial charge is 0.258 e. The van der Waals surface area contributed by atoms with Crippen molar-refractivity contribution in [2.24, 2.45) is 5.73 Å². The minimum atomic E-state index is -0.945. The number of halogens is 2. The van der Waals surface area contributed by atoms with Crippen LogP contribution in [0.3, 0.4) is 0 Å². The van der Waals surface area contributed by atoms with E-state index in [2.05, 4.69) is 19.2 Å². The van der Waals surface area contributed by atoms with Gasteiger partial charge in [-0.15, -0.1) is 0 Å². The van der Waals surface area contributed by atoms with Gasteiger partial charge in [-0.1, -0.05) is 23.7 Å². The summed E-state index contributed by atoms with van der Waals surface area (Å²) < 4.78 is 15.6. The zero-order valence-corrected chi connectivity index (χ0v) is 21.8. The molecule has 1 heterocycles. The van der Waals surface area contributed by atoms with Crippen LogP contribution in [0.4, 0.5) is 10.1 Å². The van der Waals surface area contributed by atoms with Crippen LogP contribution in [0.2, 0.25) is 5.02 Å². The molecule has 0 bridgehead atoms. The minimum absolute atomic E-state index is 0.0831. The van der Waals surface area contributed by atoms with Gasteiger partial charge in [-0.25, -0.2) is 8.97 Å². The molecule has 3 aliphatic rings. The monoisotopic (exact) mass is 510 g/mol. The zero-order valence-electron chi connectivity index (χ0n) is 21.1. The summed E-state index contributed by atoms with van der Waals surface area (Å²) >= 11 is 6.70. The highest BCUT2D eigenvalue weighted by atomic mass is 35.5. The predicted molar refractivity (Wildman–Crippen MR) is 142 cm³/mol. The summed E-state index contributed by atoms with van der Waals surface area (Å²) in [6, 6.07) is 11.6. The van der Waals surface area contributed by atoms with Crippen LogP contribution in [0, 0.1) is 5.41 Å². The van der Waals surface area contributed by atoms with Crippen LogP contribution < -0.4 is 16.0 Å². The lowest BCUT2D eigenvalue weighted by Gasteiger charge is -2.43. The van der Waals surface area contributed by atoms with E-state index in [1.165, 1.54) is 11.0 Å². The third-order valence-electron chi connectivity index (χ3n) is 8.45. The molecule has 36 heavy (non-hydrogen) atoms. The van der Waals surface area contributed by atoms with Crippen LogP contribution >= 0.6 is 11.6 Å². The third-order valence-corrected chi connectivity index (χ3v) is 8.78. The Kier molecular flexibility index (Phi) is 6.20. The molecule has 0 unspecified atom stereocenters. The first-order valence-electron chi connectivity index (χ1n) is 12.6. The molecule has 6 nitrogen and oxygen atoms in total. The number of nitrogens with zero attached hydrogens (tertiary/aromatic N) is 2. The van der Waals surface area contributed by atoms with Gasteiger partial charge in [0.15, 0.2) is 0 Å². The Hall–Kier alpha value is -2.77. The van der Waals surface area contributed by atoms with Crippen LogP contribution in [0.1, 0.15) is 79.0 Å². The fourth-order valence-electron chi connectivity index (χ4n) is 5.97. The molecule has 1 amide bonds. The number of hydrogen-bond acceptors (Lipinski definition) is 3. The molecule has 1 aliphatic heterocycles. The third kappa shape index (κ3) is 4.02. The summed E-state index contributed by atoms with van der Waals surface area (Å²) in [5.41, 5.74) is 9.90. The summed E-state index contributed by atoms with van der Waals surface area (Å²) in [5.74, 6) is 0.349. The maximum Gasteiger partial charge on any atom is 0.258 e. The highest BCUT2D eigenvalue weighted by Crippen LogP contribution is 2.47. The molecule has 1 atom stereocenters. The molecule has 2 fully saturated rings. The fourth-order valence-corrected chi connectivity index (χ4v) is 6.26. The Morgan fingerprint density at radius 2 is 2.06 bits per heavy atom. The van der Waals surface area contributed by atoms with Crippen LogP contribution in [0.25, 0.3) is 0 Å². The van der Waals surface area contributed by atoms with E-state index in [1.54, 1.807) is 11.9 Å². The van der Waals surface area contributed by atoms with Crippen molar-refractivity contribution in [3.05, 3.63) is 63.7 Å².